The molecule has 0 saturated carbocycles. The molecule has 21 heavy (non-hydrogen) atoms. The van der Waals surface area contributed by atoms with Crippen LogP contribution < -0.4 is 5.32 Å². The fraction of sp³-hybridized carbons (Fsp3) is 0.200. The Balaban J connectivity index is 2.12. The van der Waals surface area contributed by atoms with Crippen LogP contribution in [0, 0.1) is 0 Å². The Hall–Kier alpha value is -2.28. The highest BCUT2D eigenvalue weighted by molar-refractivity contribution is 5.99. The standard InChI is InChI=1S/C20H21N/c1-3-9-16(4-2)21-20-14-15-10-5-6-11-17(15)18-12-7-8-13-19(18)20/h3-5,7-8,10,12-14,16,21H,1-2,6,9,11H2. The van der Waals surface area contributed by atoms with Crippen molar-refractivity contribution in [2.75, 3.05) is 5.32 Å². The van der Waals surface area contributed by atoms with Crippen molar-refractivity contribution in [2.45, 2.75) is 25.3 Å². The molecule has 0 spiro atoms. The first kappa shape index (κ1) is 13.7. The van der Waals surface area contributed by atoms with Crippen LogP contribution in [-0.2, 0) is 6.42 Å². The predicted octanol–water partition coefficient (Wildman–Crippen LogP) is 5.34. The Morgan fingerprint density at radius 2 is 2.00 bits per heavy atom. The smallest absolute Gasteiger partial charge is 0.0476 e. The highest BCUT2D eigenvalue weighted by Crippen LogP contribution is 2.34. The van der Waals surface area contributed by atoms with Crippen molar-refractivity contribution < 1.29 is 0 Å². The predicted molar refractivity (Wildman–Crippen MR) is 93.7 cm³/mol. The molecule has 1 heteroatoms. The van der Waals surface area contributed by atoms with Gasteiger partial charge in [0.15, 0.2) is 0 Å². The summed E-state index contributed by atoms with van der Waals surface area (Å²) in [7, 11) is 0. The van der Waals surface area contributed by atoms with Crippen molar-refractivity contribution in [3.63, 3.8) is 0 Å². The minimum atomic E-state index is 0.219. The lowest BCUT2D eigenvalue weighted by atomic mass is 9.90. The number of hydrogen-bond donors (Lipinski definition) is 1. The van der Waals surface area contributed by atoms with E-state index in [9.17, 15) is 0 Å². The number of benzene rings is 2. The molecule has 106 valence electrons. The highest BCUT2D eigenvalue weighted by atomic mass is 14.9. The minimum absolute atomic E-state index is 0.219. The zero-order valence-corrected chi connectivity index (χ0v) is 12.3. The van der Waals surface area contributed by atoms with E-state index in [-0.39, 0.29) is 6.04 Å². The van der Waals surface area contributed by atoms with Crippen molar-refractivity contribution in [3.05, 3.63) is 72.8 Å². The van der Waals surface area contributed by atoms with Gasteiger partial charge in [0.05, 0.1) is 0 Å². The van der Waals surface area contributed by atoms with E-state index in [1.807, 2.05) is 12.2 Å². The van der Waals surface area contributed by atoms with Gasteiger partial charge in [-0.15, -0.1) is 13.2 Å². The van der Waals surface area contributed by atoms with E-state index in [2.05, 4.69) is 61.0 Å². The minimum Gasteiger partial charge on any atom is -0.378 e. The maximum absolute atomic E-state index is 3.92. The third-order valence-corrected chi connectivity index (χ3v) is 4.10. The number of anilines is 1. The van der Waals surface area contributed by atoms with Crippen molar-refractivity contribution in [3.8, 4) is 0 Å². The molecule has 1 atom stereocenters. The molecule has 0 fully saturated rings. The van der Waals surface area contributed by atoms with E-state index in [0.717, 1.165) is 19.3 Å². The maximum atomic E-state index is 3.92. The third-order valence-electron chi connectivity index (χ3n) is 4.10. The number of nitrogens with one attached hydrogen (secondary N) is 1. The topological polar surface area (TPSA) is 12.0 Å². The lowest BCUT2D eigenvalue weighted by Gasteiger charge is -2.21. The quantitative estimate of drug-likeness (QED) is 0.726. The Kier molecular flexibility index (Phi) is 3.92. The number of allylic oxidation sites excluding steroid dienone is 1. The fourth-order valence-corrected chi connectivity index (χ4v) is 3.04. The molecule has 0 radical (unpaired) electrons. The first-order valence-corrected chi connectivity index (χ1v) is 7.54. The van der Waals surface area contributed by atoms with Gasteiger partial charge < -0.3 is 5.32 Å². The van der Waals surface area contributed by atoms with Gasteiger partial charge in [-0.25, -0.2) is 0 Å². The molecule has 0 saturated heterocycles. The Bertz CT molecular complexity index is 709. The summed E-state index contributed by atoms with van der Waals surface area (Å²) in [5, 5.41) is 6.26. The molecule has 0 heterocycles. The Morgan fingerprint density at radius 1 is 1.19 bits per heavy atom. The van der Waals surface area contributed by atoms with Crippen molar-refractivity contribution in [1.82, 2.24) is 0 Å². The van der Waals surface area contributed by atoms with Crippen LogP contribution in [0.5, 0.6) is 0 Å². The first-order valence-electron chi connectivity index (χ1n) is 7.54. The summed E-state index contributed by atoms with van der Waals surface area (Å²) in [6.07, 6.45) is 11.5. The van der Waals surface area contributed by atoms with E-state index in [0.29, 0.717) is 0 Å². The summed E-state index contributed by atoms with van der Waals surface area (Å²) < 4.78 is 0. The molecule has 0 amide bonds. The van der Waals surface area contributed by atoms with Gasteiger partial charge in [0.1, 0.15) is 0 Å². The molecule has 1 nitrogen and oxygen atoms in total. The van der Waals surface area contributed by atoms with Crippen LogP contribution >= 0.6 is 0 Å². The molecule has 2 aromatic carbocycles. The van der Waals surface area contributed by atoms with Crippen LogP contribution in [0.15, 0.2) is 61.7 Å². The Labute approximate surface area is 126 Å². The second kappa shape index (κ2) is 6.01. The summed E-state index contributed by atoms with van der Waals surface area (Å²) >= 11 is 0. The largest absolute Gasteiger partial charge is 0.378 e. The molecular weight excluding hydrogens is 254 g/mol. The van der Waals surface area contributed by atoms with Gasteiger partial charge in [-0.05, 0) is 41.8 Å². The second-order valence-corrected chi connectivity index (χ2v) is 5.49. The van der Waals surface area contributed by atoms with Crippen LogP contribution in [-0.4, -0.2) is 6.04 Å². The molecule has 1 N–H and O–H groups in total. The highest BCUT2D eigenvalue weighted by Gasteiger charge is 2.13. The van der Waals surface area contributed by atoms with Crippen molar-refractivity contribution >= 4 is 22.5 Å². The van der Waals surface area contributed by atoms with Gasteiger partial charge in [-0.1, -0.05) is 48.6 Å². The normalized spacial score (nSPS) is 14.5. The molecule has 1 unspecified atom stereocenters. The molecule has 1 aliphatic carbocycles. The van der Waals surface area contributed by atoms with E-state index in [4.69, 9.17) is 0 Å². The zero-order valence-electron chi connectivity index (χ0n) is 12.3. The lowest BCUT2D eigenvalue weighted by Crippen LogP contribution is -2.16. The fourth-order valence-electron chi connectivity index (χ4n) is 3.04. The SMILES string of the molecule is C=CCC(C=C)Nc1cc2c(c3ccccc13)CCC=C2. The van der Waals surface area contributed by atoms with Crippen LogP contribution in [0.3, 0.4) is 0 Å². The van der Waals surface area contributed by atoms with Crippen molar-refractivity contribution in [2.24, 2.45) is 0 Å². The zero-order chi connectivity index (χ0) is 14.7. The lowest BCUT2D eigenvalue weighted by molar-refractivity contribution is 0.898. The van der Waals surface area contributed by atoms with E-state index < -0.39 is 0 Å². The van der Waals surface area contributed by atoms with E-state index >= 15 is 0 Å². The van der Waals surface area contributed by atoms with Crippen LogP contribution in [0.25, 0.3) is 16.8 Å². The van der Waals surface area contributed by atoms with Gasteiger partial charge in [-0.3, -0.25) is 0 Å². The average molecular weight is 275 g/mol. The monoisotopic (exact) mass is 275 g/mol. The summed E-state index contributed by atoms with van der Waals surface area (Å²) in [6.45, 7) is 7.74. The first-order chi connectivity index (χ1) is 10.3. The van der Waals surface area contributed by atoms with Gasteiger partial charge in [0.25, 0.3) is 0 Å². The average Bonchev–Trinajstić information content (AvgIpc) is 2.54. The summed E-state index contributed by atoms with van der Waals surface area (Å²) in [5.74, 6) is 0. The molecule has 2 aromatic rings. The molecule has 0 aromatic heterocycles. The summed E-state index contributed by atoms with van der Waals surface area (Å²) in [4.78, 5) is 0. The van der Waals surface area contributed by atoms with E-state index in [1.165, 1.54) is 27.6 Å². The van der Waals surface area contributed by atoms with Gasteiger partial charge in [0, 0.05) is 17.1 Å². The third kappa shape index (κ3) is 2.64. The van der Waals surface area contributed by atoms with Crippen LogP contribution in [0.1, 0.15) is 24.0 Å². The molecule has 3 rings (SSSR count). The van der Waals surface area contributed by atoms with Crippen LogP contribution in [0.4, 0.5) is 5.69 Å². The van der Waals surface area contributed by atoms with Gasteiger partial charge in [0.2, 0.25) is 0 Å². The molecule has 1 aliphatic rings. The second-order valence-electron chi connectivity index (χ2n) is 5.49. The number of fused-ring (bicyclic) bond motifs is 3. The van der Waals surface area contributed by atoms with Gasteiger partial charge in [-0.2, -0.15) is 0 Å². The van der Waals surface area contributed by atoms with Gasteiger partial charge >= 0.3 is 0 Å². The van der Waals surface area contributed by atoms with E-state index in [1.54, 1.807) is 0 Å². The molecule has 0 bridgehead atoms. The van der Waals surface area contributed by atoms with Crippen molar-refractivity contribution in [1.29, 1.82) is 0 Å². The molecular formula is C20H21N. The Morgan fingerprint density at radius 3 is 2.76 bits per heavy atom. The number of rotatable bonds is 5. The summed E-state index contributed by atoms with van der Waals surface area (Å²) in [6, 6.07) is 11.2. The summed E-state index contributed by atoms with van der Waals surface area (Å²) in [5.41, 5.74) is 3.99. The number of aryl methyl sites for hydroxylation is 1. The maximum Gasteiger partial charge on any atom is 0.0476 e. The van der Waals surface area contributed by atoms with Crippen LogP contribution in [0.2, 0.25) is 0 Å². The number of hydrogen-bond acceptors (Lipinski definition) is 1. The molecule has 0 aliphatic heterocycles.